The second-order valence-electron chi connectivity index (χ2n) is 4.55. The van der Waals surface area contributed by atoms with Gasteiger partial charge in [-0.15, -0.1) is 6.58 Å². The molecule has 0 aliphatic carbocycles. The molecule has 1 aromatic rings. The molecule has 0 bridgehead atoms. The summed E-state index contributed by atoms with van der Waals surface area (Å²) in [4.78, 5) is 0. The van der Waals surface area contributed by atoms with Crippen LogP contribution in [0.15, 0.2) is 30.9 Å². The first kappa shape index (κ1) is 15.7. The van der Waals surface area contributed by atoms with Crippen molar-refractivity contribution in [2.75, 3.05) is 33.4 Å². The maximum atomic E-state index is 5.81. The number of rotatable bonds is 10. The van der Waals surface area contributed by atoms with E-state index in [4.69, 9.17) is 9.47 Å². The fourth-order valence-electron chi connectivity index (χ4n) is 1.86. The molecule has 0 radical (unpaired) electrons. The summed E-state index contributed by atoms with van der Waals surface area (Å²) in [5.74, 6) is 0.962. The molecule has 0 aliphatic heterocycles. The molecule has 0 fully saturated rings. The van der Waals surface area contributed by atoms with Gasteiger partial charge in [-0.1, -0.05) is 23.8 Å². The normalized spacial score (nSPS) is 10.4. The summed E-state index contributed by atoms with van der Waals surface area (Å²) < 4.78 is 10.8. The van der Waals surface area contributed by atoms with Crippen molar-refractivity contribution in [2.24, 2.45) is 0 Å². The highest BCUT2D eigenvalue weighted by molar-refractivity contribution is 5.38. The molecule has 3 heteroatoms. The van der Waals surface area contributed by atoms with Crippen LogP contribution in [0.2, 0.25) is 0 Å². The predicted octanol–water partition coefficient (Wildman–Crippen LogP) is 2.73. The van der Waals surface area contributed by atoms with Crippen molar-refractivity contribution in [2.45, 2.75) is 19.8 Å². The monoisotopic (exact) mass is 263 g/mol. The van der Waals surface area contributed by atoms with Gasteiger partial charge in [0, 0.05) is 20.3 Å². The minimum absolute atomic E-state index is 0.681. The van der Waals surface area contributed by atoms with Crippen LogP contribution in [-0.4, -0.2) is 33.4 Å². The van der Waals surface area contributed by atoms with Gasteiger partial charge in [0.25, 0.3) is 0 Å². The number of nitrogens with one attached hydrogen (secondary N) is 1. The Morgan fingerprint density at radius 3 is 2.84 bits per heavy atom. The molecule has 0 unspecified atom stereocenters. The smallest absolute Gasteiger partial charge is 0.122 e. The van der Waals surface area contributed by atoms with E-state index in [0.717, 1.165) is 38.3 Å². The lowest BCUT2D eigenvalue weighted by atomic mass is 10.1. The Hall–Kier alpha value is -1.32. The maximum absolute atomic E-state index is 5.81. The summed E-state index contributed by atoms with van der Waals surface area (Å²) in [7, 11) is 1.72. The molecule has 0 saturated heterocycles. The molecule has 1 N–H and O–H groups in total. The molecule has 0 aromatic heterocycles. The first-order valence-corrected chi connectivity index (χ1v) is 6.80. The van der Waals surface area contributed by atoms with Crippen LogP contribution in [0.1, 0.15) is 17.5 Å². The molecule has 3 nitrogen and oxygen atoms in total. The number of hydrogen-bond donors (Lipinski definition) is 1. The SMILES string of the molecule is C=CCc1cc(C)ccc1OCCNCCCOC. The Morgan fingerprint density at radius 2 is 2.11 bits per heavy atom. The fourth-order valence-corrected chi connectivity index (χ4v) is 1.86. The van der Waals surface area contributed by atoms with Crippen LogP contribution in [0.3, 0.4) is 0 Å². The first-order chi connectivity index (χ1) is 9.27. The third-order valence-electron chi connectivity index (χ3n) is 2.82. The first-order valence-electron chi connectivity index (χ1n) is 6.80. The van der Waals surface area contributed by atoms with Crippen molar-refractivity contribution in [1.29, 1.82) is 0 Å². The topological polar surface area (TPSA) is 30.5 Å². The van der Waals surface area contributed by atoms with Crippen LogP contribution < -0.4 is 10.1 Å². The molecular weight excluding hydrogens is 238 g/mol. The Morgan fingerprint density at radius 1 is 1.26 bits per heavy atom. The van der Waals surface area contributed by atoms with E-state index < -0.39 is 0 Å². The van der Waals surface area contributed by atoms with Gasteiger partial charge in [-0.3, -0.25) is 0 Å². The molecule has 0 spiro atoms. The third kappa shape index (κ3) is 6.41. The number of methoxy groups -OCH3 is 1. The highest BCUT2D eigenvalue weighted by Gasteiger charge is 2.02. The van der Waals surface area contributed by atoms with E-state index in [9.17, 15) is 0 Å². The molecule has 19 heavy (non-hydrogen) atoms. The molecule has 0 heterocycles. The lowest BCUT2D eigenvalue weighted by Crippen LogP contribution is -2.23. The molecule has 0 atom stereocenters. The molecule has 0 saturated carbocycles. The molecule has 1 aromatic carbocycles. The lowest BCUT2D eigenvalue weighted by Gasteiger charge is -2.12. The zero-order valence-corrected chi connectivity index (χ0v) is 12.1. The Bertz CT molecular complexity index is 377. The molecule has 0 aliphatic rings. The highest BCUT2D eigenvalue weighted by Crippen LogP contribution is 2.20. The van der Waals surface area contributed by atoms with E-state index in [2.05, 4.69) is 31.0 Å². The van der Waals surface area contributed by atoms with Crippen molar-refractivity contribution >= 4 is 0 Å². The minimum Gasteiger partial charge on any atom is -0.492 e. The van der Waals surface area contributed by atoms with Gasteiger partial charge in [0.2, 0.25) is 0 Å². The number of ether oxygens (including phenoxy) is 2. The Balaban J connectivity index is 2.30. The molecule has 0 amide bonds. The summed E-state index contributed by atoms with van der Waals surface area (Å²) >= 11 is 0. The van der Waals surface area contributed by atoms with E-state index in [-0.39, 0.29) is 0 Å². The number of aryl methyl sites for hydroxylation is 1. The summed E-state index contributed by atoms with van der Waals surface area (Å²) in [6, 6.07) is 6.27. The lowest BCUT2D eigenvalue weighted by molar-refractivity contribution is 0.193. The third-order valence-corrected chi connectivity index (χ3v) is 2.82. The van der Waals surface area contributed by atoms with E-state index in [1.165, 1.54) is 11.1 Å². The average molecular weight is 263 g/mol. The van der Waals surface area contributed by atoms with Gasteiger partial charge in [0.05, 0.1) is 0 Å². The zero-order chi connectivity index (χ0) is 13.9. The van der Waals surface area contributed by atoms with E-state index >= 15 is 0 Å². The van der Waals surface area contributed by atoms with Gasteiger partial charge in [0.1, 0.15) is 12.4 Å². The summed E-state index contributed by atoms with van der Waals surface area (Å²) in [6.45, 7) is 9.17. The van der Waals surface area contributed by atoms with Crippen molar-refractivity contribution in [3.8, 4) is 5.75 Å². The highest BCUT2D eigenvalue weighted by atomic mass is 16.5. The van der Waals surface area contributed by atoms with Crippen molar-refractivity contribution < 1.29 is 9.47 Å². The van der Waals surface area contributed by atoms with E-state index in [1.54, 1.807) is 7.11 Å². The van der Waals surface area contributed by atoms with Crippen molar-refractivity contribution in [1.82, 2.24) is 5.32 Å². The number of allylic oxidation sites excluding steroid dienone is 1. The quantitative estimate of drug-likeness (QED) is 0.520. The van der Waals surface area contributed by atoms with Crippen LogP contribution in [0.5, 0.6) is 5.75 Å². The Kier molecular flexibility index (Phi) is 7.94. The van der Waals surface area contributed by atoms with Gasteiger partial charge in [-0.25, -0.2) is 0 Å². The average Bonchev–Trinajstić information content (AvgIpc) is 2.40. The molecule has 106 valence electrons. The van der Waals surface area contributed by atoms with Crippen LogP contribution >= 0.6 is 0 Å². The number of hydrogen-bond acceptors (Lipinski definition) is 3. The summed E-state index contributed by atoms with van der Waals surface area (Å²) in [5.41, 5.74) is 2.45. The zero-order valence-electron chi connectivity index (χ0n) is 12.1. The van der Waals surface area contributed by atoms with Crippen LogP contribution in [0, 0.1) is 6.92 Å². The minimum atomic E-state index is 0.681. The predicted molar refractivity (Wildman–Crippen MR) is 79.9 cm³/mol. The van der Waals surface area contributed by atoms with Crippen LogP contribution in [0.4, 0.5) is 0 Å². The van der Waals surface area contributed by atoms with Gasteiger partial charge >= 0.3 is 0 Å². The van der Waals surface area contributed by atoms with Gasteiger partial charge in [0.15, 0.2) is 0 Å². The van der Waals surface area contributed by atoms with Crippen molar-refractivity contribution in [3.05, 3.63) is 42.0 Å². The van der Waals surface area contributed by atoms with Gasteiger partial charge < -0.3 is 14.8 Å². The maximum Gasteiger partial charge on any atom is 0.122 e. The van der Waals surface area contributed by atoms with Crippen LogP contribution in [-0.2, 0) is 11.2 Å². The van der Waals surface area contributed by atoms with E-state index in [0.29, 0.717) is 6.61 Å². The molecule has 1 rings (SSSR count). The summed E-state index contributed by atoms with van der Waals surface area (Å²) in [5, 5.41) is 3.33. The standard InChI is InChI=1S/C16H25NO2/c1-4-6-15-13-14(2)7-8-16(15)19-12-10-17-9-5-11-18-3/h4,7-8,13,17H,1,5-6,9-12H2,2-3H3. The largest absolute Gasteiger partial charge is 0.492 e. The summed E-state index contributed by atoms with van der Waals surface area (Å²) in [6.07, 6.45) is 3.78. The van der Waals surface area contributed by atoms with Crippen molar-refractivity contribution in [3.63, 3.8) is 0 Å². The van der Waals surface area contributed by atoms with Gasteiger partial charge in [-0.05, 0) is 37.9 Å². The fraction of sp³-hybridized carbons (Fsp3) is 0.500. The van der Waals surface area contributed by atoms with E-state index in [1.807, 2.05) is 12.1 Å². The number of benzene rings is 1. The Labute approximate surface area is 116 Å². The molecular formula is C16H25NO2. The second-order valence-corrected chi connectivity index (χ2v) is 4.55. The van der Waals surface area contributed by atoms with Crippen LogP contribution in [0.25, 0.3) is 0 Å². The second kappa shape index (κ2) is 9.59. The van der Waals surface area contributed by atoms with Gasteiger partial charge in [-0.2, -0.15) is 0 Å².